The van der Waals surface area contributed by atoms with Gasteiger partial charge in [-0.05, 0) is 55.0 Å². The van der Waals surface area contributed by atoms with Crippen molar-refractivity contribution >= 4 is 16.8 Å². The average Bonchev–Trinajstić information content (AvgIpc) is 3.38. The molecule has 2 aliphatic rings. The zero-order valence-corrected chi connectivity index (χ0v) is 14.8. The monoisotopic (exact) mass is 368 g/mol. The van der Waals surface area contributed by atoms with Crippen LogP contribution < -0.4 is 0 Å². The number of aliphatic hydroxyl groups is 1. The van der Waals surface area contributed by atoms with E-state index in [0.717, 1.165) is 11.9 Å². The van der Waals surface area contributed by atoms with Crippen molar-refractivity contribution in [3.63, 3.8) is 0 Å². The van der Waals surface area contributed by atoms with E-state index in [2.05, 4.69) is 10.1 Å². The number of halogens is 1. The van der Waals surface area contributed by atoms with E-state index in [4.69, 9.17) is 0 Å². The number of rotatable bonds is 2. The Kier molecular flexibility index (Phi) is 3.79. The smallest absolute Gasteiger partial charge is 0.270 e. The number of benzene rings is 1. The summed E-state index contributed by atoms with van der Waals surface area (Å²) in [6.07, 6.45) is 4.65. The van der Waals surface area contributed by atoms with Crippen LogP contribution in [0.5, 0.6) is 0 Å². The van der Waals surface area contributed by atoms with Gasteiger partial charge in [0, 0.05) is 36.4 Å². The number of carbonyl (C=O) groups is 1. The molecule has 0 radical (unpaired) electrons. The largest absolute Gasteiger partial charge is 0.391 e. The van der Waals surface area contributed by atoms with Gasteiger partial charge in [0.2, 0.25) is 0 Å². The standard InChI is InChI=1S/C20H21FN4O2/c21-15-2-3-16-12(6-15)7-17(23-16)20(27)24-10-13-8-18(25-5-1-4-22-25)19(26)9-14(13)11-24/h1-7,13-14,18-19,23,26H,8-11H2/t13-,14+,18-,19-/m1/s1. The molecule has 4 atom stereocenters. The Morgan fingerprint density at radius 3 is 2.81 bits per heavy atom. The molecule has 1 saturated carbocycles. The first-order chi connectivity index (χ1) is 13.1. The fraction of sp³-hybridized carbons (Fsp3) is 0.400. The number of likely N-dealkylation sites (tertiary alicyclic amines) is 1. The van der Waals surface area contributed by atoms with Crippen molar-refractivity contribution in [1.82, 2.24) is 19.7 Å². The molecule has 1 saturated heterocycles. The molecule has 0 unspecified atom stereocenters. The molecule has 1 aliphatic carbocycles. The van der Waals surface area contributed by atoms with Crippen molar-refractivity contribution in [1.29, 1.82) is 0 Å². The van der Waals surface area contributed by atoms with Crippen LogP contribution in [0.2, 0.25) is 0 Å². The molecule has 7 heteroatoms. The number of carbonyl (C=O) groups excluding carboxylic acids is 1. The van der Waals surface area contributed by atoms with Crippen LogP contribution in [0.1, 0.15) is 29.4 Å². The van der Waals surface area contributed by atoms with Crippen molar-refractivity contribution in [2.75, 3.05) is 13.1 Å². The molecule has 2 aromatic heterocycles. The van der Waals surface area contributed by atoms with E-state index in [9.17, 15) is 14.3 Å². The van der Waals surface area contributed by atoms with Crippen LogP contribution in [-0.2, 0) is 0 Å². The highest BCUT2D eigenvalue weighted by Crippen LogP contribution is 2.41. The highest BCUT2D eigenvalue weighted by molar-refractivity contribution is 5.98. The molecule has 3 aromatic rings. The van der Waals surface area contributed by atoms with Crippen LogP contribution in [0.25, 0.3) is 10.9 Å². The van der Waals surface area contributed by atoms with Gasteiger partial charge in [0.25, 0.3) is 5.91 Å². The Labute approximate surface area is 155 Å². The minimum absolute atomic E-state index is 0.0349. The van der Waals surface area contributed by atoms with Crippen molar-refractivity contribution in [3.8, 4) is 0 Å². The lowest BCUT2D eigenvalue weighted by atomic mass is 9.77. The van der Waals surface area contributed by atoms with E-state index in [0.29, 0.717) is 42.4 Å². The maximum atomic E-state index is 13.4. The number of aromatic nitrogens is 3. The van der Waals surface area contributed by atoms with Crippen LogP contribution in [0, 0.1) is 17.7 Å². The number of nitrogens with one attached hydrogen (secondary N) is 1. The van der Waals surface area contributed by atoms with Gasteiger partial charge in [-0.3, -0.25) is 9.48 Å². The van der Waals surface area contributed by atoms with Gasteiger partial charge >= 0.3 is 0 Å². The fourth-order valence-corrected chi connectivity index (χ4v) is 4.72. The summed E-state index contributed by atoms with van der Waals surface area (Å²) in [5.74, 6) is 0.281. The van der Waals surface area contributed by atoms with Crippen LogP contribution in [0.3, 0.4) is 0 Å². The lowest BCUT2D eigenvalue weighted by Crippen LogP contribution is -2.36. The van der Waals surface area contributed by atoms with Gasteiger partial charge in [-0.2, -0.15) is 5.10 Å². The zero-order chi connectivity index (χ0) is 18.5. The minimum atomic E-state index is -0.447. The molecule has 0 bridgehead atoms. The zero-order valence-electron chi connectivity index (χ0n) is 14.8. The summed E-state index contributed by atoms with van der Waals surface area (Å²) in [6.45, 7) is 1.33. The molecule has 5 rings (SSSR count). The summed E-state index contributed by atoms with van der Waals surface area (Å²) >= 11 is 0. The van der Waals surface area contributed by atoms with Gasteiger partial charge in [-0.25, -0.2) is 4.39 Å². The molecular weight excluding hydrogens is 347 g/mol. The molecule has 2 N–H and O–H groups in total. The summed E-state index contributed by atoms with van der Waals surface area (Å²) in [7, 11) is 0. The van der Waals surface area contributed by atoms with Crippen molar-refractivity contribution in [2.24, 2.45) is 11.8 Å². The van der Waals surface area contributed by atoms with E-state index in [1.807, 2.05) is 21.8 Å². The number of fused-ring (bicyclic) bond motifs is 2. The number of aromatic amines is 1. The second-order valence-electron chi connectivity index (χ2n) is 7.74. The predicted octanol–water partition coefficient (Wildman–Crippen LogP) is 2.59. The van der Waals surface area contributed by atoms with Gasteiger partial charge in [-0.1, -0.05) is 0 Å². The molecule has 3 heterocycles. The Hall–Kier alpha value is -2.67. The summed E-state index contributed by atoms with van der Waals surface area (Å²) in [5.41, 5.74) is 1.24. The van der Waals surface area contributed by atoms with E-state index in [1.165, 1.54) is 12.1 Å². The van der Waals surface area contributed by atoms with Crippen molar-refractivity contribution in [3.05, 3.63) is 54.2 Å². The normalized spacial score (nSPS) is 27.9. The third-order valence-electron chi connectivity index (χ3n) is 6.07. The second kappa shape index (κ2) is 6.20. The number of H-pyrrole nitrogens is 1. The number of aliphatic hydroxyl groups excluding tert-OH is 1. The molecular formula is C20H21FN4O2. The van der Waals surface area contributed by atoms with E-state index in [1.54, 1.807) is 18.3 Å². The predicted molar refractivity (Wildman–Crippen MR) is 97.6 cm³/mol. The molecule has 6 nitrogen and oxygen atoms in total. The van der Waals surface area contributed by atoms with Crippen molar-refractivity contribution in [2.45, 2.75) is 25.0 Å². The summed E-state index contributed by atoms with van der Waals surface area (Å²) in [5, 5.41) is 15.5. The van der Waals surface area contributed by atoms with E-state index < -0.39 is 6.10 Å². The number of hydrogen-bond acceptors (Lipinski definition) is 3. The van der Waals surface area contributed by atoms with Gasteiger partial charge in [0.15, 0.2) is 0 Å². The van der Waals surface area contributed by atoms with Crippen LogP contribution >= 0.6 is 0 Å². The van der Waals surface area contributed by atoms with Gasteiger partial charge in [0.1, 0.15) is 11.5 Å². The van der Waals surface area contributed by atoms with Gasteiger partial charge in [-0.15, -0.1) is 0 Å². The quantitative estimate of drug-likeness (QED) is 0.730. The SMILES string of the molecule is O=C(c1cc2cc(F)ccc2[nH]1)N1C[C@H]2C[C@@H](n3cccn3)[C@H](O)C[C@H]2C1. The Morgan fingerprint density at radius 2 is 2.04 bits per heavy atom. The van der Waals surface area contributed by atoms with Gasteiger partial charge < -0.3 is 15.0 Å². The molecule has 0 spiro atoms. The average molecular weight is 368 g/mol. The summed E-state index contributed by atoms with van der Waals surface area (Å²) < 4.78 is 15.2. The fourth-order valence-electron chi connectivity index (χ4n) is 4.72. The van der Waals surface area contributed by atoms with Gasteiger partial charge in [0.05, 0.1) is 12.1 Å². The Balaban J connectivity index is 1.34. The lowest BCUT2D eigenvalue weighted by Gasteiger charge is -2.35. The topological polar surface area (TPSA) is 74.2 Å². The maximum absolute atomic E-state index is 13.4. The van der Waals surface area contributed by atoms with E-state index in [-0.39, 0.29) is 17.8 Å². The highest BCUT2D eigenvalue weighted by Gasteiger charge is 2.44. The maximum Gasteiger partial charge on any atom is 0.270 e. The molecule has 1 aromatic carbocycles. The molecule has 27 heavy (non-hydrogen) atoms. The first kappa shape index (κ1) is 16.5. The Bertz CT molecular complexity index is 983. The first-order valence-electron chi connectivity index (χ1n) is 9.33. The molecule has 2 fully saturated rings. The number of nitrogens with zero attached hydrogens (tertiary/aromatic N) is 3. The first-order valence-corrected chi connectivity index (χ1v) is 9.33. The van der Waals surface area contributed by atoms with Crippen LogP contribution in [0.15, 0.2) is 42.7 Å². The number of hydrogen-bond donors (Lipinski definition) is 2. The molecule has 1 amide bonds. The molecule has 140 valence electrons. The highest BCUT2D eigenvalue weighted by atomic mass is 19.1. The third kappa shape index (κ3) is 2.82. The minimum Gasteiger partial charge on any atom is -0.391 e. The van der Waals surface area contributed by atoms with E-state index >= 15 is 0 Å². The number of amides is 1. The third-order valence-corrected chi connectivity index (χ3v) is 6.07. The van der Waals surface area contributed by atoms with Crippen molar-refractivity contribution < 1.29 is 14.3 Å². The van der Waals surface area contributed by atoms with Crippen LogP contribution in [0.4, 0.5) is 4.39 Å². The summed E-state index contributed by atoms with van der Waals surface area (Å²) in [6, 6.07) is 8.00. The summed E-state index contributed by atoms with van der Waals surface area (Å²) in [4.78, 5) is 17.9. The Morgan fingerprint density at radius 1 is 1.22 bits per heavy atom. The van der Waals surface area contributed by atoms with Crippen LogP contribution in [-0.4, -0.2) is 49.9 Å². The second-order valence-corrected chi connectivity index (χ2v) is 7.74. The molecule has 1 aliphatic heterocycles. The lowest BCUT2D eigenvalue weighted by molar-refractivity contribution is 0.0306.